The zero-order valence-corrected chi connectivity index (χ0v) is 11.6. The minimum atomic E-state index is -5.02. The zero-order chi connectivity index (χ0) is 12.5. The molecule has 0 heterocycles. The van der Waals surface area contributed by atoms with Gasteiger partial charge in [0, 0.05) is 0 Å². The number of hydrogen-bond donors (Lipinski definition) is 3. The van der Waals surface area contributed by atoms with Gasteiger partial charge in [0.25, 0.3) is 0 Å². The Morgan fingerprint density at radius 3 is 2.44 bits per heavy atom. The van der Waals surface area contributed by atoms with Crippen LogP contribution in [0.25, 0.3) is 0 Å². The molecule has 16 heavy (non-hydrogen) atoms. The number of anilines is 1. The fourth-order valence-corrected chi connectivity index (χ4v) is 2.48. The molecule has 0 saturated carbocycles. The van der Waals surface area contributed by atoms with Crippen LogP contribution in [0.4, 0.5) is 5.69 Å². The third-order valence-corrected chi connectivity index (χ3v) is 4.66. The number of benzene rings is 1. The van der Waals surface area contributed by atoms with Gasteiger partial charge in [0.05, 0.1) is 0 Å². The summed E-state index contributed by atoms with van der Waals surface area (Å²) < 4.78 is 29.8. The molecule has 0 atom stereocenters. The maximum absolute atomic E-state index is 11.0. The van der Waals surface area contributed by atoms with E-state index in [9.17, 15) is 13.6 Å². The number of carbonyl (C=O) groups excluding carboxylic acids is 1. The van der Waals surface area contributed by atoms with Gasteiger partial charge in [-0.1, -0.05) is 0 Å². The van der Waals surface area contributed by atoms with Crippen LogP contribution in [0.15, 0.2) is 18.2 Å². The first-order chi connectivity index (χ1) is 7.23. The molecule has 0 saturated heterocycles. The molecule has 0 fully saturated rings. The number of halogens is 1. The second-order valence-corrected chi connectivity index (χ2v) is 7.09. The van der Waals surface area contributed by atoms with Gasteiger partial charge < -0.3 is 0 Å². The SMILES string of the molecule is CC(=O)N(Br)c1cc([As](=O)(O)O)ccc1O. The van der Waals surface area contributed by atoms with Gasteiger partial charge in [-0.3, -0.25) is 0 Å². The molecule has 0 aliphatic carbocycles. The van der Waals surface area contributed by atoms with E-state index in [1.165, 1.54) is 6.92 Å². The Morgan fingerprint density at radius 1 is 1.44 bits per heavy atom. The van der Waals surface area contributed by atoms with Crippen molar-refractivity contribution in [2.24, 2.45) is 0 Å². The van der Waals surface area contributed by atoms with Crippen LogP contribution in [0.3, 0.4) is 0 Å². The van der Waals surface area contributed by atoms with Gasteiger partial charge >= 0.3 is 103 Å². The first-order valence-electron chi connectivity index (χ1n) is 4.09. The normalized spacial score (nSPS) is 11.2. The summed E-state index contributed by atoms with van der Waals surface area (Å²) >= 11 is -2.15. The van der Waals surface area contributed by atoms with Gasteiger partial charge in [-0.15, -0.1) is 0 Å². The summed E-state index contributed by atoms with van der Waals surface area (Å²) in [6.07, 6.45) is 0. The van der Waals surface area contributed by atoms with Crippen LogP contribution in [0.5, 0.6) is 5.75 Å². The quantitative estimate of drug-likeness (QED) is 0.497. The third kappa shape index (κ3) is 2.88. The third-order valence-electron chi connectivity index (χ3n) is 1.78. The average Bonchev–Trinajstić information content (AvgIpc) is 2.15. The molecule has 88 valence electrons. The molecule has 1 aromatic carbocycles. The van der Waals surface area contributed by atoms with Gasteiger partial charge in [-0.2, -0.15) is 0 Å². The molecule has 1 rings (SSSR count). The zero-order valence-electron chi connectivity index (χ0n) is 8.16. The summed E-state index contributed by atoms with van der Waals surface area (Å²) in [6.45, 7) is 1.24. The Morgan fingerprint density at radius 2 is 2.00 bits per heavy atom. The van der Waals surface area contributed by atoms with Crippen molar-refractivity contribution in [2.75, 3.05) is 3.93 Å². The summed E-state index contributed by atoms with van der Waals surface area (Å²) in [5.41, 5.74) is -0.00488. The van der Waals surface area contributed by atoms with E-state index in [2.05, 4.69) is 16.1 Å². The number of phenolic OH excluding ortho intramolecular Hbond substituents is 1. The second kappa shape index (κ2) is 4.63. The summed E-state index contributed by atoms with van der Waals surface area (Å²) in [6, 6.07) is 3.33. The van der Waals surface area contributed by atoms with E-state index in [1.807, 2.05) is 0 Å². The average molecular weight is 354 g/mol. The van der Waals surface area contributed by atoms with Crippen molar-refractivity contribution < 1.29 is 21.8 Å². The fraction of sp³-hybridized carbons (Fsp3) is 0.125. The van der Waals surface area contributed by atoms with E-state index >= 15 is 0 Å². The molecule has 0 unspecified atom stereocenters. The summed E-state index contributed by atoms with van der Waals surface area (Å²) in [5, 5.41) is 9.45. The first-order valence-corrected chi connectivity index (χ1v) is 8.18. The molecule has 8 heteroatoms. The van der Waals surface area contributed by atoms with E-state index in [4.69, 9.17) is 8.19 Å². The molecule has 0 bridgehead atoms. The van der Waals surface area contributed by atoms with Gasteiger partial charge in [0.1, 0.15) is 0 Å². The predicted molar refractivity (Wildman–Crippen MR) is 60.7 cm³/mol. The number of carbonyl (C=O) groups is 1. The molecule has 0 radical (unpaired) electrons. The van der Waals surface area contributed by atoms with E-state index in [-0.39, 0.29) is 15.8 Å². The van der Waals surface area contributed by atoms with Gasteiger partial charge in [0.15, 0.2) is 0 Å². The molecule has 0 aliphatic heterocycles. The van der Waals surface area contributed by atoms with Crippen molar-refractivity contribution >= 4 is 46.3 Å². The number of aromatic hydroxyl groups is 1. The number of phenols is 1. The number of amides is 1. The Balaban J connectivity index is 3.30. The number of nitrogens with zero attached hydrogens (tertiary/aromatic N) is 1. The van der Waals surface area contributed by atoms with Crippen molar-refractivity contribution in [1.29, 1.82) is 0 Å². The molecular weight excluding hydrogens is 345 g/mol. The van der Waals surface area contributed by atoms with Crippen molar-refractivity contribution in [3.05, 3.63) is 18.2 Å². The van der Waals surface area contributed by atoms with Crippen LogP contribution >= 0.6 is 16.1 Å². The standard InChI is InChI=1S/C8H9AsBrNO5/c1-5(12)11(10)7-4-6(9(14,15)16)2-3-8(7)13/h2-4,13H,1H3,(H2,14,15,16). The minimum absolute atomic E-state index is 0.00488. The van der Waals surface area contributed by atoms with Crippen LogP contribution in [-0.4, -0.2) is 33.4 Å². The van der Waals surface area contributed by atoms with Gasteiger partial charge in [-0.05, 0) is 0 Å². The Labute approximate surface area is 103 Å². The van der Waals surface area contributed by atoms with Crippen molar-refractivity contribution in [2.45, 2.75) is 6.92 Å². The van der Waals surface area contributed by atoms with E-state index in [1.54, 1.807) is 0 Å². The van der Waals surface area contributed by atoms with E-state index in [0.717, 1.165) is 22.1 Å². The van der Waals surface area contributed by atoms with Crippen molar-refractivity contribution in [3.63, 3.8) is 0 Å². The second-order valence-electron chi connectivity index (χ2n) is 3.02. The first kappa shape index (κ1) is 13.3. The van der Waals surface area contributed by atoms with Crippen molar-refractivity contribution in [1.82, 2.24) is 0 Å². The van der Waals surface area contributed by atoms with Crippen LogP contribution in [0.2, 0.25) is 0 Å². The van der Waals surface area contributed by atoms with Crippen LogP contribution < -0.4 is 8.28 Å². The van der Waals surface area contributed by atoms with Crippen LogP contribution in [0, 0.1) is 0 Å². The number of rotatable bonds is 2. The molecule has 6 nitrogen and oxygen atoms in total. The monoisotopic (exact) mass is 353 g/mol. The Hall–Kier alpha value is -0.752. The Bertz CT molecular complexity index is 471. The molecule has 0 spiro atoms. The van der Waals surface area contributed by atoms with Crippen molar-refractivity contribution in [3.8, 4) is 5.75 Å². The van der Waals surface area contributed by atoms with E-state index < -0.39 is 20.1 Å². The Kier molecular flexibility index (Phi) is 3.85. The van der Waals surface area contributed by atoms with Gasteiger partial charge in [-0.25, -0.2) is 0 Å². The topological polar surface area (TPSA) is 98.1 Å². The molecule has 0 aliphatic rings. The molecular formula is C8H9AsBrNO5. The summed E-state index contributed by atoms with van der Waals surface area (Å²) in [5.74, 6) is -0.676. The molecule has 0 aromatic heterocycles. The fourth-order valence-electron chi connectivity index (χ4n) is 1.02. The van der Waals surface area contributed by atoms with Crippen LogP contribution in [0.1, 0.15) is 6.92 Å². The van der Waals surface area contributed by atoms with Gasteiger partial charge in [0.2, 0.25) is 0 Å². The molecule has 1 amide bonds. The van der Waals surface area contributed by atoms with E-state index in [0.29, 0.717) is 0 Å². The summed E-state index contributed by atoms with van der Waals surface area (Å²) in [7, 11) is 0. The predicted octanol–water partition coefficient (Wildman–Crippen LogP) is -0.384. The summed E-state index contributed by atoms with van der Waals surface area (Å²) in [4.78, 5) is 11.0. The molecule has 1 aromatic rings. The maximum atomic E-state index is 11.0. The van der Waals surface area contributed by atoms with Crippen LogP contribution in [-0.2, 0) is 8.53 Å². The number of hydrogen-bond acceptors (Lipinski definition) is 3. The molecule has 3 N–H and O–H groups in total.